The quantitative estimate of drug-likeness (QED) is 0.594. The number of aldehydes is 2. The zero-order valence-corrected chi connectivity index (χ0v) is 10.1. The van der Waals surface area contributed by atoms with Gasteiger partial charge in [-0.05, 0) is 0 Å². The molecule has 0 aliphatic heterocycles. The van der Waals surface area contributed by atoms with Crippen molar-refractivity contribution in [3.63, 3.8) is 0 Å². The smallest absolute Gasteiger partial charge is 0.525 e. The van der Waals surface area contributed by atoms with Crippen LogP contribution in [0.1, 0.15) is 20.7 Å². The van der Waals surface area contributed by atoms with Gasteiger partial charge in [0.2, 0.25) is 0 Å². The second-order valence-electron chi connectivity index (χ2n) is 2.95. The van der Waals surface area contributed by atoms with Gasteiger partial charge in [0.15, 0.2) is 12.6 Å². The van der Waals surface area contributed by atoms with Crippen LogP contribution in [0, 0.1) is 0 Å². The Morgan fingerprint density at radius 2 is 1.35 bits per heavy atom. The normalized spacial score (nSPS) is 9.65. The summed E-state index contributed by atoms with van der Waals surface area (Å²) in [6.45, 7) is 0. The molecule has 0 saturated heterocycles. The molecular formula is C10H6BO4S2. The zero-order chi connectivity index (χ0) is 12.1. The standard InChI is InChI=1S/C10H6BO4S2/c12-1-7-3-16-5-9(7)14-11-15-10-6-17-4-8(10)2-13/h1-6H. The first kappa shape index (κ1) is 11.9. The molecule has 0 spiro atoms. The summed E-state index contributed by atoms with van der Waals surface area (Å²) in [7, 11) is 1.10. The minimum absolute atomic E-state index is 0.438. The SMILES string of the molecule is O=Cc1cscc1O[B]Oc1cscc1C=O. The molecule has 7 heteroatoms. The third kappa shape index (κ3) is 2.75. The van der Waals surface area contributed by atoms with Gasteiger partial charge in [-0.25, -0.2) is 0 Å². The van der Waals surface area contributed by atoms with Crippen molar-refractivity contribution in [2.24, 2.45) is 0 Å². The van der Waals surface area contributed by atoms with E-state index in [2.05, 4.69) is 0 Å². The van der Waals surface area contributed by atoms with Crippen LogP contribution in [-0.4, -0.2) is 20.3 Å². The van der Waals surface area contributed by atoms with E-state index >= 15 is 0 Å². The van der Waals surface area contributed by atoms with Gasteiger partial charge in [-0.3, -0.25) is 9.59 Å². The number of thiophene rings is 2. The fraction of sp³-hybridized carbons (Fsp3) is 0. The van der Waals surface area contributed by atoms with Crippen LogP contribution in [0.3, 0.4) is 0 Å². The lowest BCUT2D eigenvalue weighted by atomic mass is 10.3. The summed E-state index contributed by atoms with van der Waals surface area (Å²) in [6.07, 6.45) is 1.42. The van der Waals surface area contributed by atoms with Gasteiger partial charge in [0.25, 0.3) is 0 Å². The molecule has 0 amide bonds. The van der Waals surface area contributed by atoms with E-state index < -0.39 is 0 Å². The monoisotopic (exact) mass is 265 g/mol. The third-order valence-corrected chi connectivity index (χ3v) is 3.39. The highest BCUT2D eigenvalue weighted by atomic mass is 32.1. The molecule has 1 radical (unpaired) electrons. The molecule has 0 aliphatic carbocycles. The van der Waals surface area contributed by atoms with Gasteiger partial charge in [-0.1, -0.05) is 0 Å². The van der Waals surface area contributed by atoms with Gasteiger partial charge in [-0.15, -0.1) is 22.7 Å². The maximum atomic E-state index is 10.6. The van der Waals surface area contributed by atoms with E-state index in [0.717, 1.165) is 7.69 Å². The molecule has 0 N–H and O–H groups in total. The first-order valence-corrected chi connectivity index (χ1v) is 6.41. The Morgan fingerprint density at radius 1 is 0.882 bits per heavy atom. The molecular weight excluding hydrogens is 259 g/mol. The molecule has 0 aromatic carbocycles. The average Bonchev–Trinajstić information content (AvgIpc) is 2.97. The van der Waals surface area contributed by atoms with E-state index in [9.17, 15) is 9.59 Å². The zero-order valence-electron chi connectivity index (χ0n) is 8.49. The van der Waals surface area contributed by atoms with E-state index in [1.54, 1.807) is 21.5 Å². The van der Waals surface area contributed by atoms with Crippen LogP contribution in [0.2, 0.25) is 0 Å². The molecule has 2 aromatic rings. The molecule has 2 aromatic heterocycles. The Bertz CT molecular complexity index is 474. The van der Waals surface area contributed by atoms with E-state index in [-0.39, 0.29) is 0 Å². The van der Waals surface area contributed by atoms with Crippen LogP contribution in [0.4, 0.5) is 0 Å². The van der Waals surface area contributed by atoms with Gasteiger partial charge >= 0.3 is 7.69 Å². The summed E-state index contributed by atoms with van der Waals surface area (Å²) in [5.41, 5.74) is 0.937. The van der Waals surface area contributed by atoms with Crippen LogP contribution in [0.15, 0.2) is 21.5 Å². The summed E-state index contributed by atoms with van der Waals surface area (Å²) in [5.74, 6) is 0.876. The molecule has 0 fully saturated rings. The summed E-state index contributed by atoms with van der Waals surface area (Å²) in [6, 6.07) is 0. The summed E-state index contributed by atoms with van der Waals surface area (Å²) >= 11 is 2.72. The third-order valence-electron chi connectivity index (χ3n) is 1.91. The maximum Gasteiger partial charge on any atom is 0.658 e. The molecule has 17 heavy (non-hydrogen) atoms. The Morgan fingerprint density at radius 3 is 1.76 bits per heavy atom. The number of rotatable bonds is 6. The largest absolute Gasteiger partial charge is 0.658 e. The molecule has 0 aliphatic rings. The Labute approximate surface area is 106 Å². The number of hydrogen-bond donors (Lipinski definition) is 0. The van der Waals surface area contributed by atoms with Crippen molar-refractivity contribution in [1.29, 1.82) is 0 Å². The molecule has 0 atom stereocenters. The first-order chi connectivity index (χ1) is 8.35. The molecule has 2 heterocycles. The van der Waals surface area contributed by atoms with Crippen molar-refractivity contribution >= 4 is 42.9 Å². The Hall–Kier alpha value is -1.60. The van der Waals surface area contributed by atoms with Crippen molar-refractivity contribution in [3.8, 4) is 11.5 Å². The van der Waals surface area contributed by atoms with Gasteiger partial charge in [0, 0.05) is 21.5 Å². The van der Waals surface area contributed by atoms with Crippen molar-refractivity contribution in [3.05, 3.63) is 32.6 Å². The average molecular weight is 265 g/mol. The predicted molar refractivity (Wildman–Crippen MR) is 66.4 cm³/mol. The van der Waals surface area contributed by atoms with Crippen LogP contribution in [0.5, 0.6) is 11.5 Å². The lowest BCUT2D eigenvalue weighted by Gasteiger charge is -2.04. The van der Waals surface area contributed by atoms with Crippen molar-refractivity contribution in [2.45, 2.75) is 0 Å². The fourth-order valence-corrected chi connectivity index (χ4v) is 2.48. The summed E-state index contributed by atoms with van der Waals surface area (Å²) < 4.78 is 10.3. The van der Waals surface area contributed by atoms with Crippen LogP contribution in [-0.2, 0) is 0 Å². The highest BCUT2D eigenvalue weighted by molar-refractivity contribution is 7.08. The number of carbonyl (C=O) groups excluding carboxylic acids is 2. The lowest BCUT2D eigenvalue weighted by molar-refractivity contribution is 0.111. The summed E-state index contributed by atoms with van der Waals surface area (Å²) in [4.78, 5) is 21.2. The van der Waals surface area contributed by atoms with Crippen LogP contribution in [0.25, 0.3) is 0 Å². The van der Waals surface area contributed by atoms with Gasteiger partial charge in [-0.2, -0.15) is 0 Å². The molecule has 0 saturated carbocycles. The van der Waals surface area contributed by atoms with Gasteiger partial charge in [0.05, 0.1) is 11.1 Å². The van der Waals surface area contributed by atoms with E-state index in [4.69, 9.17) is 9.31 Å². The van der Waals surface area contributed by atoms with Gasteiger partial charge < -0.3 is 9.31 Å². The number of carbonyl (C=O) groups is 2. The fourth-order valence-electron chi connectivity index (χ4n) is 1.08. The Balaban J connectivity index is 1.92. The van der Waals surface area contributed by atoms with Gasteiger partial charge in [0.1, 0.15) is 11.5 Å². The highest BCUT2D eigenvalue weighted by Crippen LogP contribution is 2.23. The molecule has 85 valence electrons. The number of hydrogen-bond acceptors (Lipinski definition) is 6. The minimum atomic E-state index is 0.438. The minimum Gasteiger partial charge on any atom is -0.525 e. The maximum absolute atomic E-state index is 10.6. The topological polar surface area (TPSA) is 52.6 Å². The second kappa shape index (κ2) is 5.65. The van der Waals surface area contributed by atoms with Crippen molar-refractivity contribution < 1.29 is 18.9 Å². The predicted octanol–water partition coefficient (Wildman–Crippen LogP) is 2.43. The highest BCUT2D eigenvalue weighted by Gasteiger charge is 2.09. The molecule has 4 nitrogen and oxygen atoms in total. The van der Waals surface area contributed by atoms with Crippen LogP contribution >= 0.6 is 22.7 Å². The molecule has 0 unspecified atom stereocenters. The molecule has 0 bridgehead atoms. The molecule has 2 rings (SSSR count). The lowest BCUT2D eigenvalue weighted by Crippen LogP contribution is -2.11. The van der Waals surface area contributed by atoms with Crippen LogP contribution < -0.4 is 9.31 Å². The van der Waals surface area contributed by atoms with E-state index in [1.165, 1.54) is 22.7 Å². The van der Waals surface area contributed by atoms with Crippen molar-refractivity contribution in [1.82, 2.24) is 0 Å². The van der Waals surface area contributed by atoms with E-state index in [1.807, 2.05) is 0 Å². The van der Waals surface area contributed by atoms with Crippen molar-refractivity contribution in [2.75, 3.05) is 0 Å². The van der Waals surface area contributed by atoms with E-state index in [0.29, 0.717) is 35.2 Å². The second-order valence-corrected chi connectivity index (χ2v) is 4.44. The Kier molecular flexibility index (Phi) is 3.95. The summed E-state index contributed by atoms with van der Waals surface area (Å²) in [5, 5.41) is 6.74. The first-order valence-electron chi connectivity index (χ1n) is 4.53.